The van der Waals surface area contributed by atoms with E-state index in [0.717, 1.165) is 0 Å². The quantitative estimate of drug-likeness (QED) is 0.771. The standard InChI is InChI=1S/C11H10ClNO/c12-9-2-1-7(6-13)11(5-9)8-3-10(14)4-8/h1-2,5,8,10,14H,3-4H2/t8-,10+/i8D. The van der Waals surface area contributed by atoms with Gasteiger partial charge >= 0.3 is 0 Å². The minimum atomic E-state index is -0.838. The first-order valence-corrected chi connectivity index (χ1v) is 4.81. The third-order valence-electron chi connectivity index (χ3n) is 2.45. The Morgan fingerprint density at radius 3 is 2.86 bits per heavy atom. The Morgan fingerprint density at radius 2 is 2.29 bits per heavy atom. The molecular formula is C11H10ClNO. The first-order chi connectivity index (χ1) is 7.05. The van der Waals surface area contributed by atoms with E-state index < -0.39 is 12.0 Å². The maximum atomic E-state index is 9.24. The maximum absolute atomic E-state index is 9.24. The number of aliphatic hydroxyl groups is 1. The van der Waals surface area contributed by atoms with Crippen LogP contribution in [-0.2, 0) is 0 Å². The second-order valence-electron chi connectivity index (χ2n) is 3.47. The lowest BCUT2D eigenvalue weighted by Crippen LogP contribution is -2.26. The monoisotopic (exact) mass is 208 g/mol. The minimum absolute atomic E-state index is 0.377. The van der Waals surface area contributed by atoms with Gasteiger partial charge in [0.15, 0.2) is 0 Å². The van der Waals surface area contributed by atoms with Gasteiger partial charge in [-0.15, -0.1) is 0 Å². The normalized spacial score (nSPS) is 31.5. The van der Waals surface area contributed by atoms with Crippen molar-refractivity contribution in [3.05, 3.63) is 34.3 Å². The predicted octanol–water partition coefficient (Wildman–Crippen LogP) is 2.45. The summed E-state index contributed by atoms with van der Waals surface area (Å²) in [7, 11) is 0. The fourth-order valence-electron chi connectivity index (χ4n) is 1.64. The van der Waals surface area contributed by atoms with Crippen LogP contribution < -0.4 is 0 Å². The molecule has 0 spiro atoms. The lowest BCUT2D eigenvalue weighted by atomic mass is 9.76. The molecule has 1 aliphatic rings. The highest BCUT2D eigenvalue weighted by Gasteiger charge is 2.30. The largest absolute Gasteiger partial charge is 0.393 e. The van der Waals surface area contributed by atoms with Crippen LogP contribution in [0.5, 0.6) is 0 Å². The van der Waals surface area contributed by atoms with Crippen LogP contribution in [0.2, 0.25) is 5.02 Å². The fourth-order valence-corrected chi connectivity index (χ4v) is 1.81. The van der Waals surface area contributed by atoms with Crippen LogP contribution in [0.3, 0.4) is 0 Å². The first kappa shape index (κ1) is 8.28. The van der Waals surface area contributed by atoms with Crippen molar-refractivity contribution in [2.24, 2.45) is 0 Å². The third kappa shape index (κ3) is 1.61. The molecule has 0 aliphatic heterocycles. The Hall–Kier alpha value is -1.04. The summed E-state index contributed by atoms with van der Waals surface area (Å²) in [6, 6.07) is 6.97. The number of aliphatic hydroxyl groups excluding tert-OH is 1. The molecule has 0 atom stereocenters. The molecule has 0 aromatic heterocycles. The number of halogens is 1. The van der Waals surface area contributed by atoms with Crippen molar-refractivity contribution < 1.29 is 6.48 Å². The van der Waals surface area contributed by atoms with E-state index in [2.05, 4.69) is 6.07 Å². The van der Waals surface area contributed by atoms with Gasteiger partial charge in [-0.05, 0) is 42.5 Å². The molecule has 14 heavy (non-hydrogen) atoms. The molecule has 1 aromatic rings. The summed E-state index contributed by atoms with van der Waals surface area (Å²) < 4.78 is 8.10. The minimum Gasteiger partial charge on any atom is -0.393 e. The third-order valence-corrected chi connectivity index (χ3v) is 2.68. The molecule has 0 radical (unpaired) electrons. The average molecular weight is 209 g/mol. The van der Waals surface area contributed by atoms with Crippen LogP contribution >= 0.6 is 11.6 Å². The highest BCUT2D eigenvalue weighted by molar-refractivity contribution is 6.30. The lowest BCUT2D eigenvalue weighted by molar-refractivity contribution is 0.0746. The molecule has 0 amide bonds. The van der Waals surface area contributed by atoms with Crippen LogP contribution in [-0.4, -0.2) is 11.2 Å². The zero-order valence-corrected chi connectivity index (χ0v) is 8.25. The summed E-state index contributed by atoms with van der Waals surface area (Å²) in [6.45, 7) is 0. The van der Waals surface area contributed by atoms with E-state index >= 15 is 0 Å². The van der Waals surface area contributed by atoms with Crippen molar-refractivity contribution >= 4 is 11.6 Å². The molecule has 0 unspecified atom stereocenters. The molecule has 72 valence electrons. The van der Waals surface area contributed by atoms with Crippen molar-refractivity contribution in [3.63, 3.8) is 0 Å². The molecule has 1 fully saturated rings. The van der Waals surface area contributed by atoms with Crippen LogP contribution in [0.25, 0.3) is 0 Å². The van der Waals surface area contributed by atoms with Gasteiger partial charge in [0.25, 0.3) is 0 Å². The van der Waals surface area contributed by atoms with Gasteiger partial charge in [0, 0.05) is 6.39 Å². The van der Waals surface area contributed by atoms with Gasteiger partial charge in [-0.3, -0.25) is 0 Å². The van der Waals surface area contributed by atoms with Crippen molar-refractivity contribution in [1.29, 1.82) is 5.26 Å². The summed E-state index contributed by atoms with van der Waals surface area (Å²) in [5.74, 6) is -0.838. The Labute approximate surface area is 89.1 Å². The van der Waals surface area contributed by atoms with E-state index in [0.29, 0.717) is 29.0 Å². The smallest absolute Gasteiger partial charge is 0.0994 e. The van der Waals surface area contributed by atoms with E-state index in [1.54, 1.807) is 18.2 Å². The van der Waals surface area contributed by atoms with Crippen molar-refractivity contribution in [2.75, 3.05) is 0 Å². The zero-order valence-electron chi connectivity index (χ0n) is 8.50. The second-order valence-corrected chi connectivity index (χ2v) is 3.90. The van der Waals surface area contributed by atoms with Crippen molar-refractivity contribution in [2.45, 2.75) is 24.8 Å². The summed E-state index contributed by atoms with van der Waals surface area (Å²) >= 11 is 5.84. The van der Waals surface area contributed by atoms with E-state index in [-0.39, 0.29) is 0 Å². The molecule has 0 saturated heterocycles. The van der Waals surface area contributed by atoms with E-state index in [1.807, 2.05) is 0 Å². The SMILES string of the molecule is [2H][C@]1(c2cc(Cl)ccc2C#N)C[C@@H](O)C1. The Bertz CT molecular complexity index is 435. The molecule has 0 bridgehead atoms. The van der Waals surface area contributed by atoms with Gasteiger partial charge in [-0.1, -0.05) is 11.6 Å². The Morgan fingerprint density at radius 1 is 1.57 bits per heavy atom. The highest BCUT2D eigenvalue weighted by Crippen LogP contribution is 2.39. The molecule has 2 nitrogen and oxygen atoms in total. The van der Waals surface area contributed by atoms with Crippen LogP contribution in [0, 0.1) is 11.3 Å². The van der Waals surface area contributed by atoms with Gasteiger partial charge in [0.1, 0.15) is 0 Å². The fraction of sp³-hybridized carbons (Fsp3) is 0.364. The number of hydrogen-bond acceptors (Lipinski definition) is 2. The Balaban J connectivity index is 2.44. The second kappa shape index (κ2) is 3.61. The molecule has 1 aromatic carbocycles. The number of hydrogen-bond donors (Lipinski definition) is 1. The average Bonchev–Trinajstić information content (AvgIpc) is 2.15. The van der Waals surface area contributed by atoms with Gasteiger partial charge in [0.05, 0.1) is 17.7 Å². The summed E-state index contributed by atoms with van der Waals surface area (Å²) in [5.41, 5.74) is 1.10. The van der Waals surface area contributed by atoms with Crippen LogP contribution in [0.1, 0.15) is 31.2 Å². The topological polar surface area (TPSA) is 44.0 Å². The predicted molar refractivity (Wildman–Crippen MR) is 54.1 cm³/mol. The molecular weight excluding hydrogens is 198 g/mol. The van der Waals surface area contributed by atoms with Crippen molar-refractivity contribution in [3.8, 4) is 6.07 Å². The lowest BCUT2D eigenvalue weighted by Gasteiger charge is -2.32. The maximum Gasteiger partial charge on any atom is 0.0994 e. The molecule has 1 aliphatic carbocycles. The summed E-state index contributed by atoms with van der Waals surface area (Å²) in [6.07, 6.45) is 0.331. The first-order valence-electron chi connectivity index (χ1n) is 4.93. The van der Waals surface area contributed by atoms with E-state index in [9.17, 15) is 5.11 Å². The van der Waals surface area contributed by atoms with E-state index in [1.165, 1.54) is 0 Å². The molecule has 3 heteroatoms. The molecule has 0 heterocycles. The Kier molecular flexibility index (Phi) is 2.13. The zero-order chi connectivity index (χ0) is 11.1. The number of rotatable bonds is 1. The molecule has 1 N–H and O–H groups in total. The van der Waals surface area contributed by atoms with Crippen LogP contribution in [0.15, 0.2) is 18.2 Å². The summed E-state index contributed by atoms with van der Waals surface area (Å²) in [5, 5.41) is 18.7. The number of benzene rings is 1. The number of nitriles is 1. The highest BCUT2D eigenvalue weighted by atomic mass is 35.5. The number of nitrogens with zero attached hydrogens (tertiary/aromatic N) is 1. The van der Waals surface area contributed by atoms with Crippen LogP contribution in [0.4, 0.5) is 0 Å². The molecule has 1 saturated carbocycles. The van der Waals surface area contributed by atoms with Gasteiger partial charge in [-0.25, -0.2) is 0 Å². The van der Waals surface area contributed by atoms with Gasteiger partial charge in [-0.2, -0.15) is 5.26 Å². The van der Waals surface area contributed by atoms with E-state index in [4.69, 9.17) is 18.2 Å². The molecule has 2 rings (SSSR count). The van der Waals surface area contributed by atoms with Gasteiger partial charge in [0.2, 0.25) is 0 Å². The van der Waals surface area contributed by atoms with Gasteiger partial charge < -0.3 is 5.11 Å². The van der Waals surface area contributed by atoms with Crippen molar-refractivity contribution in [1.82, 2.24) is 0 Å². The summed E-state index contributed by atoms with van der Waals surface area (Å²) in [4.78, 5) is 0.